The third-order valence-electron chi connectivity index (χ3n) is 3.60. The molecule has 2 rings (SSSR count). The van der Waals surface area contributed by atoms with E-state index < -0.39 is 5.97 Å². The van der Waals surface area contributed by atoms with E-state index in [-0.39, 0.29) is 17.9 Å². The molecule has 0 heterocycles. The topological polar surface area (TPSA) is 90.2 Å². The minimum absolute atomic E-state index is 0.0655. The fraction of sp³-hybridized carbons (Fsp3) is 0.312. The SMILES string of the molecule is N#Cc1ccc(/C=C/C(=O)N[C@H]2CC[C@@H](C(=O)O)C2)cc1. The van der Waals surface area contributed by atoms with Crippen LogP contribution < -0.4 is 5.32 Å². The summed E-state index contributed by atoms with van der Waals surface area (Å²) in [6.45, 7) is 0. The van der Waals surface area contributed by atoms with Crippen LogP contribution >= 0.6 is 0 Å². The number of hydrogen-bond donors (Lipinski definition) is 2. The number of nitriles is 1. The van der Waals surface area contributed by atoms with Crippen molar-refractivity contribution in [1.29, 1.82) is 5.26 Å². The smallest absolute Gasteiger partial charge is 0.306 e. The van der Waals surface area contributed by atoms with Gasteiger partial charge in [-0.05, 0) is 43.0 Å². The van der Waals surface area contributed by atoms with Crippen LogP contribution in [-0.4, -0.2) is 23.0 Å². The average molecular weight is 284 g/mol. The van der Waals surface area contributed by atoms with E-state index in [0.29, 0.717) is 24.8 Å². The van der Waals surface area contributed by atoms with Gasteiger partial charge in [0, 0.05) is 12.1 Å². The lowest BCUT2D eigenvalue weighted by molar-refractivity contribution is -0.141. The number of amides is 1. The Hall–Kier alpha value is -2.61. The second-order valence-corrected chi connectivity index (χ2v) is 5.12. The molecule has 2 atom stereocenters. The van der Waals surface area contributed by atoms with Gasteiger partial charge in [0.2, 0.25) is 5.91 Å². The summed E-state index contributed by atoms with van der Waals surface area (Å²) < 4.78 is 0. The van der Waals surface area contributed by atoms with Crippen molar-refractivity contribution in [2.24, 2.45) is 5.92 Å². The van der Waals surface area contributed by atoms with E-state index in [4.69, 9.17) is 10.4 Å². The standard InChI is InChI=1S/C16H16N2O3/c17-10-12-3-1-11(2-4-12)5-8-15(19)18-14-7-6-13(9-14)16(20)21/h1-5,8,13-14H,6-7,9H2,(H,18,19)(H,20,21)/b8-5+/t13-,14+/m1/s1. The number of benzene rings is 1. The van der Waals surface area contributed by atoms with Crippen LogP contribution in [0.4, 0.5) is 0 Å². The summed E-state index contributed by atoms with van der Waals surface area (Å²) in [6.07, 6.45) is 4.90. The van der Waals surface area contributed by atoms with Crippen LogP contribution in [0, 0.1) is 17.2 Å². The molecule has 2 N–H and O–H groups in total. The zero-order valence-electron chi connectivity index (χ0n) is 11.5. The Morgan fingerprint density at radius 3 is 2.57 bits per heavy atom. The van der Waals surface area contributed by atoms with Crippen LogP contribution in [0.1, 0.15) is 30.4 Å². The molecular formula is C16H16N2O3. The molecular weight excluding hydrogens is 268 g/mol. The molecule has 1 aromatic rings. The van der Waals surface area contributed by atoms with E-state index in [2.05, 4.69) is 5.32 Å². The van der Waals surface area contributed by atoms with Crippen molar-refractivity contribution in [2.75, 3.05) is 0 Å². The van der Waals surface area contributed by atoms with E-state index in [0.717, 1.165) is 5.56 Å². The summed E-state index contributed by atoms with van der Waals surface area (Å²) in [5.41, 5.74) is 1.40. The number of carboxylic acid groups (broad SMARTS) is 1. The van der Waals surface area contributed by atoms with Gasteiger partial charge in [0.1, 0.15) is 0 Å². The van der Waals surface area contributed by atoms with Crippen molar-refractivity contribution in [3.05, 3.63) is 41.5 Å². The van der Waals surface area contributed by atoms with Gasteiger partial charge in [-0.25, -0.2) is 0 Å². The molecule has 0 radical (unpaired) electrons. The predicted molar refractivity (Wildman–Crippen MR) is 77.1 cm³/mol. The minimum Gasteiger partial charge on any atom is -0.481 e. The molecule has 1 saturated carbocycles. The first-order chi connectivity index (χ1) is 10.1. The van der Waals surface area contributed by atoms with Crippen LogP contribution in [0.25, 0.3) is 6.08 Å². The first kappa shape index (κ1) is 14.8. The molecule has 21 heavy (non-hydrogen) atoms. The molecule has 5 heteroatoms. The Morgan fingerprint density at radius 1 is 1.29 bits per heavy atom. The van der Waals surface area contributed by atoms with Gasteiger partial charge in [0.05, 0.1) is 17.6 Å². The lowest BCUT2D eigenvalue weighted by Gasteiger charge is -2.10. The molecule has 5 nitrogen and oxygen atoms in total. The fourth-order valence-corrected chi connectivity index (χ4v) is 2.43. The second kappa shape index (κ2) is 6.71. The summed E-state index contributed by atoms with van der Waals surface area (Å²) >= 11 is 0. The van der Waals surface area contributed by atoms with Gasteiger partial charge in [-0.2, -0.15) is 5.26 Å². The molecule has 1 aliphatic rings. The van der Waals surface area contributed by atoms with Crippen LogP contribution in [0.15, 0.2) is 30.3 Å². The van der Waals surface area contributed by atoms with Gasteiger partial charge in [-0.1, -0.05) is 12.1 Å². The molecule has 0 aliphatic heterocycles. The van der Waals surface area contributed by atoms with Crippen molar-refractivity contribution < 1.29 is 14.7 Å². The van der Waals surface area contributed by atoms with Gasteiger partial charge in [0.15, 0.2) is 0 Å². The van der Waals surface area contributed by atoms with E-state index in [9.17, 15) is 9.59 Å². The zero-order valence-corrected chi connectivity index (χ0v) is 11.5. The summed E-state index contributed by atoms with van der Waals surface area (Å²) in [6, 6.07) is 8.86. The maximum atomic E-state index is 11.8. The molecule has 1 aromatic carbocycles. The molecule has 0 saturated heterocycles. The molecule has 0 aromatic heterocycles. The van der Waals surface area contributed by atoms with E-state index in [1.54, 1.807) is 30.3 Å². The van der Waals surface area contributed by atoms with Crippen molar-refractivity contribution in [2.45, 2.75) is 25.3 Å². The molecule has 1 aliphatic carbocycles. The highest BCUT2D eigenvalue weighted by molar-refractivity contribution is 5.92. The average Bonchev–Trinajstić information content (AvgIpc) is 2.94. The molecule has 0 spiro atoms. The fourth-order valence-electron chi connectivity index (χ4n) is 2.43. The predicted octanol–water partition coefficient (Wildman–Crippen LogP) is 1.94. The Labute approximate surface area is 122 Å². The van der Waals surface area contributed by atoms with Gasteiger partial charge in [0.25, 0.3) is 0 Å². The highest BCUT2D eigenvalue weighted by atomic mass is 16.4. The number of carbonyl (C=O) groups excluding carboxylic acids is 1. The number of nitrogens with one attached hydrogen (secondary N) is 1. The number of carbonyl (C=O) groups is 2. The summed E-state index contributed by atoms with van der Waals surface area (Å²) in [5.74, 6) is -1.37. The summed E-state index contributed by atoms with van der Waals surface area (Å²) in [7, 11) is 0. The van der Waals surface area contributed by atoms with E-state index in [1.807, 2.05) is 6.07 Å². The minimum atomic E-state index is -0.792. The third-order valence-corrected chi connectivity index (χ3v) is 3.60. The molecule has 1 fully saturated rings. The largest absolute Gasteiger partial charge is 0.481 e. The van der Waals surface area contributed by atoms with Gasteiger partial charge < -0.3 is 10.4 Å². The maximum absolute atomic E-state index is 11.8. The normalized spacial score (nSPS) is 21.1. The Morgan fingerprint density at radius 2 is 2.00 bits per heavy atom. The summed E-state index contributed by atoms with van der Waals surface area (Å²) in [4.78, 5) is 22.6. The quantitative estimate of drug-likeness (QED) is 0.827. The highest BCUT2D eigenvalue weighted by Gasteiger charge is 2.30. The molecule has 108 valence electrons. The zero-order chi connectivity index (χ0) is 15.2. The van der Waals surface area contributed by atoms with Crippen molar-refractivity contribution in [3.63, 3.8) is 0 Å². The van der Waals surface area contributed by atoms with Crippen LogP contribution in [0.3, 0.4) is 0 Å². The monoisotopic (exact) mass is 284 g/mol. The first-order valence-corrected chi connectivity index (χ1v) is 6.80. The van der Waals surface area contributed by atoms with Crippen molar-refractivity contribution in [3.8, 4) is 6.07 Å². The number of hydrogen-bond acceptors (Lipinski definition) is 3. The number of carboxylic acids is 1. The highest BCUT2D eigenvalue weighted by Crippen LogP contribution is 2.25. The number of nitrogens with zero attached hydrogens (tertiary/aromatic N) is 1. The number of rotatable bonds is 4. The Bertz CT molecular complexity index is 599. The second-order valence-electron chi connectivity index (χ2n) is 5.12. The van der Waals surface area contributed by atoms with Crippen molar-refractivity contribution in [1.82, 2.24) is 5.32 Å². The first-order valence-electron chi connectivity index (χ1n) is 6.80. The van der Waals surface area contributed by atoms with Gasteiger partial charge >= 0.3 is 5.97 Å². The maximum Gasteiger partial charge on any atom is 0.306 e. The van der Waals surface area contributed by atoms with E-state index in [1.165, 1.54) is 6.08 Å². The molecule has 0 unspecified atom stereocenters. The lowest BCUT2D eigenvalue weighted by Crippen LogP contribution is -2.31. The molecule has 0 bridgehead atoms. The van der Waals surface area contributed by atoms with Gasteiger partial charge in [-0.15, -0.1) is 0 Å². The summed E-state index contributed by atoms with van der Waals surface area (Å²) in [5, 5.41) is 20.4. The van der Waals surface area contributed by atoms with Crippen molar-refractivity contribution >= 4 is 18.0 Å². The van der Waals surface area contributed by atoms with E-state index >= 15 is 0 Å². The van der Waals surface area contributed by atoms with Crippen LogP contribution in [0.5, 0.6) is 0 Å². The third kappa shape index (κ3) is 4.18. The number of aliphatic carboxylic acids is 1. The molecule has 1 amide bonds. The Balaban J connectivity index is 1.85. The Kier molecular flexibility index (Phi) is 4.72. The lowest BCUT2D eigenvalue weighted by atomic mass is 10.1. The van der Waals surface area contributed by atoms with Crippen LogP contribution in [-0.2, 0) is 9.59 Å². The van der Waals surface area contributed by atoms with Gasteiger partial charge in [-0.3, -0.25) is 9.59 Å². The van der Waals surface area contributed by atoms with Crippen LogP contribution in [0.2, 0.25) is 0 Å².